The smallest absolute Gasteiger partial charge is 0.282 e. The average Bonchev–Trinajstić information content (AvgIpc) is 3.41. The van der Waals surface area contributed by atoms with Gasteiger partial charge in [-0.1, -0.05) is 0 Å². The average molecular weight is 595 g/mol. The van der Waals surface area contributed by atoms with Crippen molar-refractivity contribution in [2.75, 3.05) is 19.8 Å². The first-order chi connectivity index (χ1) is 19.4. The predicted molar refractivity (Wildman–Crippen MR) is 131 cm³/mol. The van der Waals surface area contributed by atoms with Crippen molar-refractivity contribution in [2.24, 2.45) is 16.6 Å². The number of aliphatic imine (C=N–C) groups is 1. The zero-order valence-electron chi connectivity index (χ0n) is 22.3. The van der Waals surface area contributed by atoms with Gasteiger partial charge < -0.3 is 75.8 Å². The van der Waals surface area contributed by atoms with E-state index in [1.807, 2.05) is 0 Å². The van der Waals surface area contributed by atoms with Crippen LogP contribution in [0.2, 0.25) is 0 Å². The van der Waals surface area contributed by atoms with Gasteiger partial charge in [-0.25, -0.2) is 4.99 Å². The molecule has 0 aromatic carbocycles. The number of amides is 2. The van der Waals surface area contributed by atoms with Crippen LogP contribution in [0, 0.1) is 5.92 Å². The molecular weight excluding hydrogens is 556 g/mol. The zero-order valence-corrected chi connectivity index (χ0v) is 22.3. The topological polar surface area (TPSA) is 284 Å². The highest BCUT2D eigenvalue weighted by Crippen LogP contribution is 2.39. The number of rotatable bonds is 9. The maximum Gasteiger partial charge on any atom is 0.282 e. The van der Waals surface area contributed by atoms with Crippen LogP contribution < -0.4 is 16.4 Å². The van der Waals surface area contributed by atoms with Gasteiger partial charge in [0.05, 0.1) is 31.8 Å². The molecule has 3 aliphatic heterocycles. The van der Waals surface area contributed by atoms with Crippen LogP contribution in [0.25, 0.3) is 0 Å². The Balaban J connectivity index is 1.57. The molecule has 0 radical (unpaired) electrons. The van der Waals surface area contributed by atoms with Gasteiger partial charge >= 0.3 is 0 Å². The summed E-state index contributed by atoms with van der Waals surface area (Å²) in [6.45, 7) is 0.333. The summed E-state index contributed by atoms with van der Waals surface area (Å²) in [6, 6.07) is -3.73. The lowest BCUT2D eigenvalue weighted by atomic mass is 9.94. The van der Waals surface area contributed by atoms with Crippen molar-refractivity contribution in [3.8, 4) is 0 Å². The Morgan fingerprint density at radius 3 is 1.88 bits per heavy atom. The number of nitrogens with one attached hydrogen (secondary N) is 2. The molecule has 0 aromatic heterocycles. The normalized spacial score (nSPS) is 45.9. The standard InChI is InChI=1S/C23H38N4O14/c1-6(31)25-12-15(34)14(33)9(4-29)37-21(12)40-20-10(5-30)38-22(13(17(20)36)26-7(2)32)39-19-8(3-28)18-11(16(19)35)27-23(24)41-18/h8-22,28-30,33-36H,3-5H2,1-2H3,(H2,24,27)(H,25,31)(H,26,32). The fourth-order valence-electron chi connectivity index (χ4n) is 5.73. The summed E-state index contributed by atoms with van der Waals surface area (Å²) in [7, 11) is 0. The van der Waals surface area contributed by atoms with E-state index in [0.29, 0.717) is 0 Å². The van der Waals surface area contributed by atoms with Gasteiger partial charge in [-0.2, -0.15) is 0 Å². The van der Waals surface area contributed by atoms with Gasteiger partial charge in [-0.05, 0) is 0 Å². The van der Waals surface area contributed by atoms with Crippen LogP contribution in [-0.2, 0) is 33.3 Å². The summed E-state index contributed by atoms with van der Waals surface area (Å²) < 4.78 is 28.7. The van der Waals surface area contributed by atoms with Crippen LogP contribution in [0.4, 0.5) is 0 Å². The molecule has 234 valence electrons. The molecule has 2 amide bonds. The number of fused-ring (bicyclic) bond motifs is 1. The van der Waals surface area contributed by atoms with E-state index in [9.17, 15) is 45.3 Å². The van der Waals surface area contributed by atoms with E-state index in [1.54, 1.807) is 0 Å². The minimum atomic E-state index is -1.68. The summed E-state index contributed by atoms with van der Waals surface area (Å²) in [4.78, 5) is 27.9. The third-order valence-electron chi connectivity index (χ3n) is 7.67. The maximum absolute atomic E-state index is 12.1. The number of aliphatic hydroxyl groups is 7. The van der Waals surface area contributed by atoms with Gasteiger partial charge in [0.2, 0.25) is 11.8 Å². The van der Waals surface area contributed by atoms with Crippen molar-refractivity contribution in [3.05, 3.63) is 0 Å². The molecule has 0 bridgehead atoms. The Morgan fingerprint density at radius 2 is 1.34 bits per heavy atom. The lowest BCUT2D eigenvalue weighted by molar-refractivity contribution is -0.339. The number of nitrogens with two attached hydrogens (primary N) is 1. The molecule has 2 saturated heterocycles. The number of hydrogen-bond donors (Lipinski definition) is 10. The molecule has 41 heavy (non-hydrogen) atoms. The van der Waals surface area contributed by atoms with Crippen LogP contribution in [0.5, 0.6) is 0 Å². The first-order valence-corrected chi connectivity index (χ1v) is 13.1. The lowest BCUT2D eigenvalue weighted by Gasteiger charge is -2.48. The molecule has 11 N–H and O–H groups in total. The van der Waals surface area contributed by atoms with Crippen LogP contribution in [0.3, 0.4) is 0 Å². The number of carbonyl (C=O) groups is 2. The van der Waals surface area contributed by atoms with E-state index in [1.165, 1.54) is 0 Å². The molecular formula is C23H38N4O14. The Hall–Kier alpha value is -2.23. The predicted octanol–water partition coefficient (Wildman–Crippen LogP) is -6.65. The number of amidine groups is 1. The van der Waals surface area contributed by atoms with E-state index < -0.39 is 123 Å². The SMILES string of the molecule is CC(=O)NC1C(OC2C(CO)OC(OC3C(O)C4N=C(N)OC4C3CO)C(NC(C)=O)C2O)OC(CO)C(O)C1O. The molecule has 15 atom stereocenters. The highest BCUT2D eigenvalue weighted by Gasteiger charge is 2.58. The Bertz CT molecular complexity index is 975. The summed E-state index contributed by atoms with van der Waals surface area (Å²) in [6.07, 6.45) is -15.4. The van der Waals surface area contributed by atoms with Crippen molar-refractivity contribution in [1.82, 2.24) is 10.6 Å². The molecule has 0 spiro atoms. The first-order valence-electron chi connectivity index (χ1n) is 13.1. The number of carbonyl (C=O) groups excluding carboxylic acids is 2. The molecule has 1 aliphatic carbocycles. The Morgan fingerprint density at radius 1 is 0.805 bits per heavy atom. The molecule has 18 nitrogen and oxygen atoms in total. The van der Waals surface area contributed by atoms with Gasteiger partial charge in [-0.3, -0.25) is 9.59 Å². The number of ether oxygens (including phenoxy) is 5. The molecule has 15 unspecified atom stereocenters. The van der Waals surface area contributed by atoms with Crippen molar-refractivity contribution >= 4 is 17.8 Å². The Labute approximate surface area is 234 Å². The van der Waals surface area contributed by atoms with Crippen molar-refractivity contribution < 1.29 is 69.0 Å². The fraction of sp³-hybridized carbons (Fsp3) is 0.870. The van der Waals surface area contributed by atoms with E-state index in [-0.39, 0.29) is 6.02 Å². The van der Waals surface area contributed by atoms with Crippen LogP contribution >= 0.6 is 0 Å². The van der Waals surface area contributed by atoms with E-state index >= 15 is 0 Å². The largest absolute Gasteiger partial charge is 0.459 e. The van der Waals surface area contributed by atoms with E-state index in [4.69, 9.17) is 29.4 Å². The van der Waals surface area contributed by atoms with Crippen molar-refractivity contribution in [1.29, 1.82) is 0 Å². The molecule has 3 heterocycles. The van der Waals surface area contributed by atoms with Crippen LogP contribution in [0.15, 0.2) is 4.99 Å². The summed E-state index contributed by atoms with van der Waals surface area (Å²) in [5, 5.41) is 77.6. The number of nitrogens with zero attached hydrogens (tertiary/aromatic N) is 1. The maximum atomic E-state index is 12.1. The summed E-state index contributed by atoms with van der Waals surface area (Å²) in [5.41, 5.74) is 5.60. The highest BCUT2D eigenvalue weighted by atomic mass is 16.7. The second kappa shape index (κ2) is 13.0. The van der Waals surface area contributed by atoms with Crippen molar-refractivity contribution in [2.45, 2.75) is 99.5 Å². The highest BCUT2D eigenvalue weighted by molar-refractivity contribution is 5.74. The van der Waals surface area contributed by atoms with Crippen LogP contribution in [0.1, 0.15) is 13.8 Å². The zero-order chi connectivity index (χ0) is 30.2. The van der Waals surface area contributed by atoms with Gasteiger partial charge in [0.15, 0.2) is 12.6 Å². The Kier molecular flexibility index (Phi) is 10.0. The fourth-order valence-corrected chi connectivity index (χ4v) is 5.73. The van der Waals surface area contributed by atoms with Crippen molar-refractivity contribution in [3.63, 3.8) is 0 Å². The van der Waals surface area contributed by atoms with Gasteiger partial charge in [0.25, 0.3) is 6.02 Å². The lowest BCUT2D eigenvalue weighted by Crippen LogP contribution is -2.69. The third kappa shape index (κ3) is 6.27. The molecule has 18 heteroatoms. The summed E-state index contributed by atoms with van der Waals surface area (Å²) in [5.74, 6) is -2.05. The second-order valence-electron chi connectivity index (χ2n) is 10.5. The monoisotopic (exact) mass is 594 g/mol. The van der Waals surface area contributed by atoms with Gasteiger partial charge in [0, 0.05) is 13.8 Å². The molecule has 1 saturated carbocycles. The quantitative estimate of drug-likeness (QED) is 0.119. The van der Waals surface area contributed by atoms with E-state index in [0.717, 1.165) is 13.8 Å². The van der Waals surface area contributed by atoms with Crippen LogP contribution in [-0.4, -0.2) is 159 Å². The molecule has 0 aromatic rings. The third-order valence-corrected chi connectivity index (χ3v) is 7.67. The van der Waals surface area contributed by atoms with E-state index in [2.05, 4.69) is 15.6 Å². The van der Waals surface area contributed by atoms with Gasteiger partial charge in [-0.15, -0.1) is 0 Å². The number of aliphatic hydroxyl groups excluding tert-OH is 7. The number of hydrogen-bond acceptors (Lipinski definition) is 16. The molecule has 4 aliphatic rings. The minimum absolute atomic E-state index is 0.152. The van der Waals surface area contributed by atoms with Gasteiger partial charge in [0.1, 0.15) is 67.0 Å². The minimum Gasteiger partial charge on any atom is -0.459 e. The molecule has 4 rings (SSSR count). The first kappa shape index (κ1) is 31.7. The summed E-state index contributed by atoms with van der Waals surface area (Å²) >= 11 is 0. The molecule has 3 fully saturated rings. The second-order valence-corrected chi connectivity index (χ2v) is 10.5.